The molecule has 0 aliphatic heterocycles. The number of sulfonamides is 1. The van der Waals surface area contributed by atoms with Crippen molar-refractivity contribution in [2.24, 2.45) is 0 Å². The molecule has 3 aromatic carbocycles. The molecule has 13 heteroatoms. The fourth-order valence-corrected chi connectivity index (χ4v) is 6.76. The summed E-state index contributed by atoms with van der Waals surface area (Å²) in [6, 6.07) is 18.1. The molecule has 0 saturated carbocycles. The van der Waals surface area contributed by atoms with E-state index in [1.165, 1.54) is 35.4 Å². The second-order valence-corrected chi connectivity index (χ2v) is 13.9. The summed E-state index contributed by atoms with van der Waals surface area (Å²) in [5, 5.41) is 4.80. The van der Waals surface area contributed by atoms with Crippen LogP contribution in [0, 0.1) is 18.6 Å². The monoisotopic (exact) mass is 633 g/mol. The third-order valence-electron chi connectivity index (χ3n) is 6.97. The molecule has 224 valence electrons. The molecule has 0 spiro atoms. The van der Waals surface area contributed by atoms with E-state index in [9.17, 15) is 25.6 Å². The van der Waals surface area contributed by atoms with Gasteiger partial charge in [0.05, 0.1) is 23.9 Å². The lowest BCUT2D eigenvalue weighted by Gasteiger charge is -2.09. The topological polar surface area (TPSA) is 116 Å². The normalized spacial score (nSPS) is 12.1. The van der Waals surface area contributed by atoms with E-state index >= 15 is 0 Å². The van der Waals surface area contributed by atoms with Crippen molar-refractivity contribution in [1.82, 2.24) is 18.7 Å². The highest BCUT2D eigenvalue weighted by Gasteiger charge is 2.24. The van der Waals surface area contributed by atoms with Crippen molar-refractivity contribution in [2.45, 2.75) is 18.4 Å². The summed E-state index contributed by atoms with van der Waals surface area (Å²) in [4.78, 5) is 4.62. The Labute approximate surface area is 252 Å². The Morgan fingerprint density at radius 2 is 1.61 bits per heavy atom. The number of rotatable bonds is 8. The Kier molecular flexibility index (Phi) is 7.30. The van der Waals surface area contributed by atoms with Gasteiger partial charge in [-0.2, -0.15) is 5.10 Å². The first-order chi connectivity index (χ1) is 20.9. The summed E-state index contributed by atoms with van der Waals surface area (Å²) in [7, 11) is -7.58. The highest BCUT2D eigenvalue weighted by atomic mass is 32.2. The molecule has 6 rings (SSSR count). The van der Waals surface area contributed by atoms with Gasteiger partial charge in [0.1, 0.15) is 11.6 Å². The number of nitrogens with zero attached hydrogens (tertiary/aromatic N) is 4. The van der Waals surface area contributed by atoms with Gasteiger partial charge >= 0.3 is 0 Å². The zero-order chi connectivity index (χ0) is 31.2. The van der Waals surface area contributed by atoms with Crippen LogP contribution in [-0.4, -0.2) is 41.8 Å². The van der Waals surface area contributed by atoms with Gasteiger partial charge in [-0.3, -0.25) is 9.40 Å². The number of hydrogen-bond donors (Lipinski definition) is 1. The molecule has 0 bridgehead atoms. The van der Waals surface area contributed by atoms with Gasteiger partial charge in [0, 0.05) is 51.9 Å². The molecule has 0 radical (unpaired) electrons. The average molecular weight is 634 g/mol. The first-order valence-corrected chi connectivity index (χ1v) is 16.6. The third-order valence-corrected chi connectivity index (χ3v) is 9.24. The standard InChI is InChI=1S/C31H25F2N5O4S2/c1-20-6-9-27(10-7-20)44(41,42)38-19-29(24-16-35-37(18-24)17-23-12-25(32)8-11-30(23)33)28-14-22(15-34-31(28)38)21-4-3-5-26(13-21)36-43(2,39)40/h3-16,18-19,36H,17H2,1-2H3. The van der Waals surface area contributed by atoms with Crippen molar-refractivity contribution in [3.63, 3.8) is 0 Å². The zero-order valence-corrected chi connectivity index (χ0v) is 25.1. The predicted octanol–water partition coefficient (Wildman–Crippen LogP) is 5.81. The number of hydrogen-bond acceptors (Lipinski definition) is 6. The molecule has 0 atom stereocenters. The predicted molar refractivity (Wildman–Crippen MR) is 164 cm³/mol. The van der Waals surface area contributed by atoms with Crippen molar-refractivity contribution < 1.29 is 25.6 Å². The summed E-state index contributed by atoms with van der Waals surface area (Å²) in [6.07, 6.45) is 7.16. The molecule has 0 fully saturated rings. The van der Waals surface area contributed by atoms with Gasteiger partial charge in [-0.05, 0) is 61.0 Å². The first kappa shape index (κ1) is 29.2. The van der Waals surface area contributed by atoms with E-state index < -0.39 is 31.7 Å². The number of fused-ring (bicyclic) bond motifs is 1. The molecular weight excluding hydrogens is 609 g/mol. The van der Waals surface area contributed by atoms with Crippen LogP contribution >= 0.6 is 0 Å². The van der Waals surface area contributed by atoms with Gasteiger partial charge in [-0.25, -0.2) is 34.6 Å². The maximum Gasteiger partial charge on any atom is 0.269 e. The molecular formula is C31H25F2N5O4S2. The molecule has 9 nitrogen and oxygen atoms in total. The number of nitrogens with one attached hydrogen (secondary N) is 1. The maximum absolute atomic E-state index is 14.3. The lowest BCUT2D eigenvalue weighted by atomic mass is 10.0. The molecule has 0 aliphatic carbocycles. The van der Waals surface area contributed by atoms with E-state index in [1.807, 2.05) is 6.92 Å². The molecule has 0 saturated heterocycles. The van der Waals surface area contributed by atoms with Crippen molar-refractivity contribution in [1.29, 1.82) is 0 Å². The molecule has 0 aliphatic rings. The Morgan fingerprint density at radius 3 is 2.36 bits per heavy atom. The van der Waals surface area contributed by atoms with Crippen molar-refractivity contribution >= 4 is 36.8 Å². The van der Waals surface area contributed by atoms with Crippen LogP contribution in [0.2, 0.25) is 0 Å². The lowest BCUT2D eigenvalue weighted by molar-refractivity contribution is 0.566. The van der Waals surface area contributed by atoms with Gasteiger partial charge in [0.2, 0.25) is 10.0 Å². The molecule has 3 heterocycles. The minimum atomic E-state index is -4.07. The van der Waals surface area contributed by atoms with Crippen LogP contribution in [0.3, 0.4) is 0 Å². The fourth-order valence-electron chi connectivity index (χ4n) is 4.88. The smallest absolute Gasteiger partial charge is 0.269 e. The second kappa shape index (κ2) is 11.0. The van der Waals surface area contributed by atoms with Crippen LogP contribution < -0.4 is 4.72 Å². The number of halogens is 2. The van der Waals surface area contributed by atoms with Crippen molar-refractivity contribution in [2.75, 3.05) is 11.0 Å². The van der Waals surface area contributed by atoms with Crippen LogP contribution in [0.15, 0.2) is 102 Å². The molecule has 1 N–H and O–H groups in total. The van der Waals surface area contributed by atoms with Crippen LogP contribution in [0.25, 0.3) is 33.3 Å². The average Bonchev–Trinajstić information content (AvgIpc) is 3.59. The largest absolute Gasteiger partial charge is 0.284 e. The quantitative estimate of drug-likeness (QED) is 0.226. The molecule has 0 amide bonds. The number of benzene rings is 3. The Balaban J connectivity index is 1.49. The lowest BCUT2D eigenvalue weighted by Crippen LogP contribution is -2.12. The fraction of sp³-hybridized carbons (Fsp3) is 0.0968. The molecule has 44 heavy (non-hydrogen) atoms. The van der Waals surface area contributed by atoms with Gasteiger partial charge < -0.3 is 0 Å². The number of aryl methyl sites for hydroxylation is 1. The molecule has 6 aromatic rings. The highest BCUT2D eigenvalue weighted by molar-refractivity contribution is 7.92. The first-order valence-electron chi connectivity index (χ1n) is 13.3. The van der Waals surface area contributed by atoms with Gasteiger partial charge in [-0.15, -0.1) is 0 Å². The van der Waals surface area contributed by atoms with E-state index in [-0.39, 0.29) is 22.7 Å². The van der Waals surface area contributed by atoms with E-state index in [0.29, 0.717) is 33.3 Å². The SMILES string of the molecule is Cc1ccc(S(=O)(=O)n2cc(-c3cnn(Cc4cc(F)ccc4F)c3)c3cc(-c4cccc(NS(C)(=O)=O)c4)cnc32)cc1. The van der Waals surface area contributed by atoms with E-state index in [2.05, 4.69) is 14.8 Å². The zero-order valence-electron chi connectivity index (χ0n) is 23.4. The minimum Gasteiger partial charge on any atom is -0.284 e. The second-order valence-electron chi connectivity index (χ2n) is 10.4. The Morgan fingerprint density at radius 1 is 0.841 bits per heavy atom. The summed E-state index contributed by atoms with van der Waals surface area (Å²) in [6.45, 7) is 1.81. The van der Waals surface area contributed by atoms with Crippen molar-refractivity contribution in [3.8, 4) is 22.3 Å². The van der Waals surface area contributed by atoms with Gasteiger partial charge in [0.15, 0.2) is 5.65 Å². The Bertz CT molecular complexity index is 2260. The number of aromatic nitrogens is 4. The minimum absolute atomic E-state index is 0.0481. The van der Waals surface area contributed by atoms with Crippen LogP contribution in [0.5, 0.6) is 0 Å². The summed E-state index contributed by atoms with van der Waals surface area (Å²) in [5.74, 6) is -1.15. The maximum atomic E-state index is 14.3. The van der Waals surface area contributed by atoms with Crippen LogP contribution in [0.1, 0.15) is 11.1 Å². The summed E-state index contributed by atoms with van der Waals surface area (Å²) in [5.41, 5.74) is 3.79. The van der Waals surface area contributed by atoms with Gasteiger partial charge in [0.25, 0.3) is 10.0 Å². The summed E-state index contributed by atoms with van der Waals surface area (Å²) < 4.78 is 84.2. The van der Waals surface area contributed by atoms with E-state index in [0.717, 1.165) is 34.0 Å². The van der Waals surface area contributed by atoms with E-state index in [1.54, 1.807) is 48.7 Å². The Hall–Kier alpha value is -4.88. The van der Waals surface area contributed by atoms with Crippen molar-refractivity contribution in [3.05, 3.63) is 120 Å². The highest BCUT2D eigenvalue weighted by Crippen LogP contribution is 2.35. The number of anilines is 1. The number of pyridine rings is 1. The summed E-state index contributed by atoms with van der Waals surface area (Å²) >= 11 is 0. The van der Waals surface area contributed by atoms with Crippen LogP contribution in [0.4, 0.5) is 14.5 Å². The third kappa shape index (κ3) is 5.83. The van der Waals surface area contributed by atoms with Gasteiger partial charge in [-0.1, -0.05) is 29.8 Å². The molecule has 0 unspecified atom stereocenters. The van der Waals surface area contributed by atoms with Crippen LogP contribution in [-0.2, 0) is 26.6 Å². The van der Waals surface area contributed by atoms with E-state index in [4.69, 9.17) is 0 Å². The molecule has 3 aromatic heterocycles.